The van der Waals surface area contributed by atoms with E-state index in [9.17, 15) is 0 Å². The van der Waals surface area contributed by atoms with Gasteiger partial charge in [-0.05, 0) is 24.4 Å². The highest BCUT2D eigenvalue weighted by Crippen LogP contribution is 2.25. The molecule has 0 fully saturated rings. The Bertz CT molecular complexity index is 288. The molecule has 1 unspecified atom stereocenters. The average Bonchev–Trinajstić information content (AvgIpc) is 2.46. The summed E-state index contributed by atoms with van der Waals surface area (Å²) in [7, 11) is 1.71. The van der Waals surface area contributed by atoms with Gasteiger partial charge in [-0.15, -0.1) is 0 Å². The number of rotatable bonds is 5. The Kier molecular flexibility index (Phi) is 4.16. The topological polar surface area (TPSA) is 60.2 Å². The maximum absolute atomic E-state index is 5.64. The minimum absolute atomic E-state index is 0.489. The standard InChI is InChI=1S/C9H17N3OS/c1-6(5-13-3)4-11-9-7(2)8(10)12-14-9/h6,11H,4-5H2,1-3H3,(H2,10,12). The van der Waals surface area contributed by atoms with Gasteiger partial charge in [0, 0.05) is 19.2 Å². The number of nitrogen functional groups attached to an aromatic ring is 1. The van der Waals surface area contributed by atoms with E-state index in [4.69, 9.17) is 10.5 Å². The summed E-state index contributed by atoms with van der Waals surface area (Å²) in [5, 5.41) is 4.37. The number of nitrogens with one attached hydrogen (secondary N) is 1. The van der Waals surface area contributed by atoms with E-state index < -0.39 is 0 Å². The van der Waals surface area contributed by atoms with Gasteiger partial charge in [-0.1, -0.05) is 6.92 Å². The fraction of sp³-hybridized carbons (Fsp3) is 0.667. The van der Waals surface area contributed by atoms with E-state index in [0.717, 1.165) is 23.7 Å². The van der Waals surface area contributed by atoms with Crippen molar-refractivity contribution in [2.75, 3.05) is 31.3 Å². The zero-order valence-electron chi connectivity index (χ0n) is 8.83. The van der Waals surface area contributed by atoms with Gasteiger partial charge in [-0.3, -0.25) is 0 Å². The van der Waals surface area contributed by atoms with E-state index in [1.807, 2.05) is 6.92 Å². The smallest absolute Gasteiger partial charge is 0.142 e. The molecule has 3 N–H and O–H groups in total. The molecule has 0 saturated heterocycles. The zero-order valence-corrected chi connectivity index (χ0v) is 9.65. The predicted octanol–water partition coefficient (Wildman–Crippen LogP) is 1.73. The van der Waals surface area contributed by atoms with Crippen LogP contribution in [0.4, 0.5) is 10.8 Å². The SMILES string of the molecule is COCC(C)CNc1snc(N)c1C. The second-order valence-electron chi connectivity index (χ2n) is 3.46. The molecule has 1 heterocycles. The normalized spacial score (nSPS) is 12.8. The third-order valence-electron chi connectivity index (χ3n) is 2.02. The molecule has 80 valence electrons. The summed E-state index contributed by atoms with van der Waals surface area (Å²) in [5.41, 5.74) is 6.68. The Morgan fingerprint density at radius 3 is 2.86 bits per heavy atom. The molecule has 0 bridgehead atoms. The maximum Gasteiger partial charge on any atom is 0.142 e. The molecule has 0 spiro atoms. The molecule has 4 nitrogen and oxygen atoms in total. The lowest BCUT2D eigenvalue weighted by atomic mass is 10.2. The summed E-state index contributed by atoms with van der Waals surface area (Å²) in [5.74, 6) is 1.11. The van der Waals surface area contributed by atoms with Crippen LogP contribution < -0.4 is 11.1 Å². The number of nitrogens with zero attached hydrogens (tertiary/aromatic N) is 1. The molecule has 1 atom stereocenters. The molecule has 0 radical (unpaired) electrons. The molecule has 0 saturated carbocycles. The third-order valence-corrected chi connectivity index (χ3v) is 2.94. The van der Waals surface area contributed by atoms with Crippen molar-refractivity contribution in [3.8, 4) is 0 Å². The van der Waals surface area contributed by atoms with Crippen molar-refractivity contribution in [2.45, 2.75) is 13.8 Å². The summed E-state index contributed by atoms with van der Waals surface area (Å²) >= 11 is 1.41. The molecule has 0 aliphatic carbocycles. The fourth-order valence-electron chi connectivity index (χ4n) is 1.12. The van der Waals surface area contributed by atoms with Crippen molar-refractivity contribution in [2.24, 2.45) is 5.92 Å². The van der Waals surface area contributed by atoms with Crippen LogP contribution in [0.15, 0.2) is 0 Å². The number of hydrogen-bond donors (Lipinski definition) is 2. The van der Waals surface area contributed by atoms with E-state index in [1.54, 1.807) is 7.11 Å². The van der Waals surface area contributed by atoms with E-state index in [1.165, 1.54) is 11.5 Å². The molecular formula is C9H17N3OS. The lowest BCUT2D eigenvalue weighted by Gasteiger charge is -2.11. The molecule has 0 aromatic carbocycles. The highest BCUT2D eigenvalue weighted by Gasteiger charge is 2.07. The van der Waals surface area contributed by atoms with Crippen LogP contribution in [0, 0.1) is 12.8 Å². The Morgan fingerprint density at radius 2 is 2.36 bits per heavy atom. The van der Waals surface area contributed by atoms with Gasteiger partial charge in [0.25, 0.3) is 0 Å². The van der Waals surface area contributed by atoms with Crippen LogP contribution in [-0.4, -0.2) is 24.6 Å². The van der Waals surface area contributed by atoms with Crippen molar-refractivity contribution in [3.63, 3.8) is 0 Å². The van der Waals surface area contributed by atoms with Gasteiger partial charge in [0.2, 0.25) is 0 Å². The summed E-state index contributed by atoms with van der Waals surface area (Å²) in [6.45, 7) is 5.76. The van der Waals surface area contributed by atoms with E-state index >= 15 is 0 Å². The highest BCUT2D eigenvalue weighted by molar-refractivity contribution is 7.10. The van der Waals surface area contributed by atoms with Crippen LogP contribution in [0.1, 0.15) is 12.5 Å². The number of aromatic nitrogens is 1. The lowest BCUT2D eigenvalue weighted by Crippen LogP contribution is -2.15. The van der Waals surface area contributed by atoms with Crippen molar-refractivity contribution in [1.29, 1.82) is 0 Å². The second-order valence-corrected chi connectivity index (χ2v) is 4.24. The minimum atomic E-state index is 0.489. The van der Waals surface area contributed by atoms with Crippen LogP contribution in [0.2, 0.25) is 0 Å². The van der Waals surface area contributed by atoms with Crippen molar-refractivity contribution >= 4 is 22.4 Å². The van der Waals surface area contributed by atoms with Gasteiger partial charge in [0.1, 0.15) is 10.8 Å². The summed E-state index contributed by atoms with van der Waals surface area (Å²) < 4.78 is 9.12. The molecule has 0 aliphatic rings. The first-order valence-electron chi connectivity index (χ1n) is 4.59. The summed E-state index contributed by atoms with van der Waals surface area (Å²) in [4.78, 5) is 0. The number of hydrogen-bond acceptors (Lipinski definition) is 5. The second kappa shape index (κ2) is 5.17. The summed E-state index contributed by atoms with van der Waals surface area (Å²) in [6.07, 6.45) is 0. The van der Waals surface area contributed by atoms with E-state index in [-0.39, 0.29) is 0 Å². The van der Waals surface area contributed by atoms with Crippen molar-refractivity contribution in [3.05, 3.63) is 5.56 Å². The largest absolute Gasteiger partial charge is 0.384 e. The lowest BCUT2D eigenvalue weighted by molar-refractivity contribution is 0.164. The summed E-state index contributed by atoms with van der Waals surface area (Å²) in [6, 6.07) is 0. The number of methoxy groups -OCH3 is 1. The zero-order chi connectivity index (χ0) is 10.6. The Hall–Kier alpha value is -0.810. The predicted molar refractivity (Wildman–Crippen MR) is 60.8 cm³/mol. The first kappa shape index (κ1) is 11.3. The van der Waals surface area contributed by atoms with Crippen LogP contribution in [0.3, 0.4) is 0 Å². The molecular weight excluding hydrogens is 198 g/mol. The quantitative estimate of drug-likeness (QED) is 0.785. The van der Waals surface area contributed by atoms with Gasteiger partial charge in [0.15, 0.2) is 0 Å². The number of nitrogens with two attached hydrogens (primary N) is 1. The number of anilines is 2. The molecule has 0 amide bonds. The fourth-order valence-corrected chi connectivity index (χ4v) is 1.84. The first-order chi connectivity index (χ1) is 6.65. The molecule has 5 heteroatoms. The Morgan fingerprint density at radius 1 is 1.64 bits per heavy atom. The average molecular weight is 215 g/mol. The van der Waals surface area contributed by atoms with Gasteiger partial charge < -0.3 is 15.8 Å². The van der Waals surface area contributed by atoms with Crippen LogP contribution in [0.5, 0.6) is 0 Å². The van der Waals surface area contributed by atoms with Gasteiger partial charge >= 0.3 is 0 Å². The molecule has 1 rings (SSSR count). The van der Waals surface area contributed by atoms with Crippen molar-refractivity contribution in [1.82, 2.24) is 4.37 Å². The van der Waals surface area contributed by atoms with E-state index in [2.05, 4.69) is 16.6 Å². The van der Waals surface area contributed by atoms with Gasteiger partial charge in [0.05, 0.1) is 6.61 Å². The first-order valence-corrected chi connectivity index (χ1v) is 5.37. The molecule has 1 aromatic heterocycles. The van der Waals surface area contributed by atoms with Crippen LogP contribution in [0.25, 0.3) is 0 Å². The van der Waals surface area contributed by atoms with E-state index in [0.29, 0.717) is 11.7 Å². The molecule has 14 heavy (non-hydrogen) atoms. The Balaban J connectivity index is 2.41. The molecule has 0 aliphatic heterocycles. The third kappa shape index (κ3) is 2.85. The number of ether oxygens (including phenoxy) is 1. The van der Waals surface area contributed by atoms with Gasteiger partial charge in [-0.2, -0.15) is 4.37 Å². The monoisotopic (exact) mass is 215 g/mol. The van der Waals surface area contributed by atoms with Crippen LogP contribution in [-0.2, 0) is 4.74 Å². The molecule has 1 aromatic rings. The van der Waals surface area contributed by atoms with Crippen LogP contribution >= 0.6 is 11.5 Å². The maximum atomic E-state index is 5.64. The van der Waals surface area contributed by atoms with Gasteiger partial charge in [-0.25, -0.2) is 0 Å². The minimum Gasteiger partial charge on any atom is -0.384 e. The Labute approximate surface area is 88.6 Å². The van der Waals surface area contributed by atoms with Crippen molar-refractivity contribution < 1.29 is 4.74 Å². The highest BCUT2D eigenvalue weighted by atomic mass is 32.1.